The number of hydrogen-bond acceptors (Lipinski definition) is 5. The van der Waals surface area contributed by atoms with E-state index in [4.69, 9.17) is 4.74 Å². The van der Waals surface area contributed by atoms with Crippen molar-refractivity contribution < 1.29 is 17.9 Å². The number of sulfonamides is 1. The molecular formula is C17H22N4O4S. The Bertz CT molecular complexity index is 830. The molecule has 1 fully saturated rings. The van der Waals surface area contributed by atoms with Crippen molar-refractivity contribution in [2.75, 3.05) is 26.3 Å². The van der Waals surface area contributed by atoms with Gasteiger partial charge in [0.2, 0.25) is 10.0 Å². The number of carbonyl (C=O) groups is 1. The third-order valence-corrected chi connectivity index (χ3v) is 5.60. The van der Waals surface area contributed by atoms with Crippen LogP contribution < -0.4 is 10.0 Å². The number of nitrogens with zero attached hydrogens (tertiary/aromatic N) is 2. The topological polar surface area (TPSA) is 102 Å². The molecule has 1 saturated heterocycles. The molecule has 1 aliphatic rings. The van der Waals surface area contributed by atoms with E-state index in [1.165, 1.54) is 12.1 Å². The molecule has 1 aliphatic heterocycles. The number of nitrogens with one attached hydrogen (secondary N) is 2. The molecule has 2 N–H and O–H groups in total. The summed E-state index contributed by atoms with van der Waals surface area (Å²) in [5.74, 6) is -0.128. The number of rotatable bonds is 8. The Morgan fingerprint density at radius 2 is 2.23 bits per heavy atom. The Kier molecular flexibility index (Phi) is 6.02. The van der Waals surface area contributed by atoms with Crippen LogP contribution in [0.5, 0.6) is 0 Å². The van der Waals surface area contributed by atoms with Crippen LogP contribution in [0.25, 0.3) is 0 Å². The van der Waals surface area contributed by atoms with Gasteiger partial charge in [0.25, 0.3) is 5.91 Å². The molecule has 8 nitrogen and oxygen atoms in total. The van der Waals surface area contributed by atoms with E-state index in [2.05, 4.69) is 15.1 Å². The minimum atomic E-state index is -3.66. The van der Waals surface area contributed by atoms with Crippen LogP contribution in [0, 0.1) is 5.92 Å². The third-order valence-electron chi connectivity index (χ3n) is 4.18. The van der Waals surface area contributed by atoms with Crippen molar-refractivity contribution in [1.82, 2.24) is 19.8 Å². The monoisotopic (exact) mass is 378 g/mol. The van der Waals surface area contributed by atoms with Gasteiger partial charge in [-0.15, -0.1) is 0 Å². The van der Waals surface area contributed by atoms with Gasteiger partial charge in [0.05, 0.1) is 18.0 Å². The summed E-state index contributed by atoms with van der Waals surface area (Å²) in [6.45, 7) is 2.52. The summed E-state index contributed by atoms with van der Waals surface area (Å²) in [5.41, 5.74) is 0.303. The fourth-order valence-electron chi connectivity index (χ4n) is 2.68. The van der Waals surface area contributed by atoms with E-state index in [1.54, 1.807) is 35.3 Å². The normalized spacial score (nSPS) is 17.3. The predicted octanol–water partition coefficient (Wildman–Crippen LogP) is 0.628. The summed E-state index contributed by atoms with van der Waals surface area (Å²) in [7, 11) is -3.66. The first-order valence-electron chi connectivity index (χ1n) is 8.48. The van der Waals surface area contributed by atoms with Gasteiger partial charge in [-0.25, -0.2) is 13.1 Å². The van der Waals surface area contributed by atoms with Gasteiger partial charge in [0, 0.05) is 37.7 Å². The van der Waals surface area contributed by atoms with Gasteiger partial charge in [-0.2, -0.15) is 5.10 Å². The number of benzene rings is 1. The highest BCUT2D eigenvalue weighted by atomic mass is 32.2. The highest BCUT2D eigenvalue weighted by Crippen LogP contribution is 2.15. The maximum Gasteiger partial charge on any atom is 0.251 e. The molecule has 3 rings (SSSR count). The minimum Gasteiger partial charge on any atom is -0.381 e. The van der Waals surface area contributed by atoms with E-state index in [9.17, 15) is 13.2 Å². The van der Waals surface area contributed by atoms with E-state index < -0.39 is 10.0 Å². The van der Waals surface area contributed by atoms with Crippen molar-refractivity contribution in [3.05, 3.63) is 48.3 Å². The summed E-state index contributed by atoms with van der Waals surface area (Å²) in [6, 6.07) is 7.83. The van der Waals surface area contributed by atoms with Crippen molar-refractivity contribution in [2.45, 2.75) is 17.9 Å². The molecule has 26 heavy (non-hydrogen) atoms. The van der Waals surface area contributed by atoms with Crippen LogP contribution in [-0.4, -0.2) is 50.4 Å². The quantitative estimate of drug-likeness (QED) is 0.701. The van der Waals surface area contributed by atoms with E-state index in [-0.39, 0.29) is 16.7 Å². The van der Waals surface area contributed by atoms with Gasteiger partial charge in [-0.05, 0) is 36.6 Å². The Hall–Kier alpha value is -2.23. The first-order valence-corrected chi connectivity index (χ1v) is 9.96. The lowest BCUT2D eigenvalue weighted by molar-refractivity contribution is 0.0951. The predicted molar refractivity (Wildman–Crippen MR) is 95.1 cm³/mol. The van der Waals surface area contributed by atoms with Crippen molar-refractivity contribution in [3.8, 4) is 0 Å². The second kappa shape index (κ2) is 8.43. The third kappa shape index (κ3) is 4.90. The molecule has 1 aromatic heterocycles. The molecule has 140 valence electrons. The van der Waals surface area contributed by atoms with Gasteiger partial charge in [-0.3, -0.25) is 9.48 Å². The molecule has 9 heteroatoms. The maximum atomic E-state index is 12.4. The second-order valence-corrected chi connectivity index (χ2v) is 7.90. The number of aromatic nitrogens is 2. The van der Waals surface area contributed by atoms with Crippen LogP contribution in [-0.2, 0) is 21.3 Å². The van der Waals surface area contributed by atoms with Gasteiger partial charge in [-0.1, -0.05) is 6.07 Å². The number of hydrogen-bond donors (Lipinski definition) is 2. The number of amides is 1. The van der Waals surface area contributed by atoms with Crippen LogP contribution in [0.1, 0.15) is 16.8 Å². The average molecular weight is 378 g/mol. The molecule has 1 aromatic carbocycles. The van der Waals surface area contributed by atoms with Gasteiger partial charge in [0.1, 0.15) is 0 Å². The Balaban J connectivity index is 1.58. The smallest absolute Gasteiger partial charge is 0.251 e. The van der Waals surface area contributed by atoms with Crippen LogP contribution >= 0.6 is 0 Å². The average Bonchev–Trinajstić information content (AvgIpc) is 3.34. The molecule has 1 amide bonds. The fourth-order valence-corrected chi connectivity index (χ4v) is 3.84. The van der Waals surface area contributed by atoms with E-state index in [0.29, 0.717) is 38.4 Å². The Morgan fingerprint density at radius 3 is 2.96 bits per heavy atom. The molecule has 0 radical (unpaired) electrons. The highest BCUT2D eigenvalue weighted by Gasteiger charge is 2.21. The first kappa shape index (κ1) is 18.6. The molecule has 0 aliphatic carbocycles. The largest absolute Gasteiger partial charge is 0.381 e. The molecule has 0 bridgehead atoms. The zero-order valence-electron chi connectivity index (χ0n) is 14.3. The number of carbonyl (C=O) groups excluding carboxylic acids is 1. The molecule has 2 heterocycles. The van der Waals surface area contributed by atoms with Crippen molar-refractivity contribution in [1.29, 1.82) is 0 Å². The van der Waals surface area contributed by atoms with Crippen molar-refractivity contribution in [3.63, 3.8) is 0 Å². The molecule has 2 aromatic rings. The Labute approximate surface area is 152 Å². The van der Waals surface area contributed by atoms with Crippen LogP contribution in [0.3, 0.4) is 0 Å². The zero-order chi connectivity index (χ0) is 18.4. The van der Waals surface area contributed by atoms with Crippen molar-refractivity contribution >= 4 is 15.9 Å². The summed E-state index contributed by atoms with van der Waals surface area (Å²) in [5, 5.41) is 6.82. The lowest BCUT2D eigenvalue weighted by Gasteiger charge is -2.11. The molecular weight excluding hydrogens is 356 g/mol. The molecule has 0 saturated carbocycles. The molecule has 1 unspecified atom stereocenters. The highest BCUT2D eigenvalue weighted by molar-refractivity contribution is 7.89. The fraction of sp³-hybridized carbons (Fsp3) is 0.412. The van der Waals surface area contributed by atoms with Gasteiger partial charge in [0.15, 0.2) is 0 Å². The Morgan fingerprint density at radius 1 is 1.35 bits per heavy atom. The molecule has 1 atom stereocenters. The summed E-state index contributed by atoms with van der Waals surface area (Å²) in [6.07, 6.45) is 4.32. The van der Waals surface area contributed by atoms with E-state index >= 15 is 0 Å². The lowest BCUT2D eigenvalue weighted by Crippen LogP contribution is -2.30. The second-order valence-electron chi connectivity index (χ2n) is 6.13. The minimum absolute atomic E-state index is 0.0798. The van der Waals surface area contributed by atoms with Crippen LogP contribution in [0.4, 0.5) is 0 Å². The lowest BCUT2D eigenvalue weighted by atomic mass is 10.1. The van der Waals surface area contributed by atoms with E-state index in [0.717, 1.165) is 6.42 Å². The van der Waals surface area contributed by atoms with Gasteiger partial charge < -0.3 is 10.1 Å². The number of ether oxygens (including phenoxy) is 1. The first-order chi connectivity index (χ1) is 12.5. The van der Waals surface area contributed by atoms with Gasteiger partial charge >= 0.3 is 0 Å². The summed E-state index contributed by atoms with van der Waals surface area (Å²) >= 11 is 0. The summed E-state index contributed by atoms with van der Waals surface area (Å²) in [4.78, 5) is 12.3. The van der Waals surface area contributed by atoms with Crippen LogP contribution in [0.2, 0.25) is 0 Å². The van der Waals surface area contributed by atoms with Crippen LogP contribution in [0.15, 0.2) is 47.6 Å². The summed E-state index contributed by atoms with van der Waals surface area (Å²) < 4.78 is 34.4. The SMILES string of the molecule is O=C(NCCn1cccn1)c1cccc(S(=O)(=O)NCC2CCOC2)c1. The van der Waals surface area contributed by atoms with E-state index in [1.807, 2.05) is 0 Å². The molecule has 0 spiro atoms. The maximum absolute atomic E-state index is 12.4. The zero-order valence-corrected chi connectivity index (χ0v) is 15.1. The van der Waals surface area contributed by atoms with Crippen molar-refractivity contribution in [2.24, 2.45) is 5.92 Å². The standard InChI is InChI=1S/C17H22N4O4S/c22-17(18-7-9-21-8-2-6-19-21)15-3-1-4-16(11-15)26(23,24)20-12-14-5-10-25-13-14/h1-4,6,8,11,14,20H,5,7,9-10,12-13H2,(H,18,22).